The zero-order valence-electron chi connectivity index (χ0n) is 22.8. The van der Waals surface area contributed by atoms with E-state index in [0.29, 0.717) is 30.0 Å². The summed E-state index contributed by atoms with van der Waals surface area (Å²) in [7, 11) is -3.68. The maximum atomic E-state index is 13.7. The number of amides is 2. The highest BCUT2D eigenvalue weighted by atomic mass is 32.2. The van der Waals surface area contributed by atoms with Gasteiger partial charge in [-0.25, -0.2) is 8.42 Å². The summed E-state index contributed by atoms with van der Waals surface area (Å²) in [5.41, 5.74) is 2.25. The Morgan fingerprint density at radius 1 is 1.00 bits per heavy atom. The summed E-state index contributed by atoms with van der Waals surface area (Å²) in [5, 5.41) is 4.62. The smallest absolute Gasteiger partial charge is 0.265 e. The van der Waals surface area contributed by atoms with Gasteiger partial charge in [0, 0.05) is 30.4 Å². The average Bonchev–Trinajstić information content (AvgIpc) is 3.07. The van der Waals surface area contributed by atoms with Crippen molar-refractivity contribution >= 4 is 38.3 Å². The van der Waals surface area contributed by atoms with Gasteiger partial charge >= 0.3 is 0 Å². The third kappa shape index (κ3) is 5.55. The lowest BCUT2D eigenvalue weighted by Crippen LogP contribution is -2.53. The number of nitrogens with zero attached hydrogens (tertiary/aromatic N) is 2. The molecule has 0 spiro atoms. The minimum Gasteiger partial charge on any atom is -0.350 e. The molecule has 0 radical (unpaired) electrons. The molecule has 38 heavy (non-hydrogen) atoms. The van der Waals surface area contributed by atoms with Crippen LogP contribution in [0.3, 0.4) is 0 Å². The molecule has 0 unspecified atom stereocenters. The molecule has 0 fully saturated rings. The molecule has 0 aliphatic carbocycles. The van der Waals surface area contributed by atoms with E-state index >= 15 is 0 Å². The fourth-order valence-corrected chi connectivity index (χ4v) is 6.81. The van der Waals surface area contributed by atoms with E-state index < -0.39 is 21.6 Å². The molecule has 4 rings (SSSR count). The molecule has 0 aromatic heterocycles. The second kappa shape index (κ2) is 10.8. The molecule has 0 bridgehead atoms. The van der Waals surface area contributed by atoms with Crippen LogP contribution in [0.5, 0.6) is 0 Å². The largest absolute Gasteiger partial charge is 0.350 e. The number of aryl methyl sites for hydroxylation is 1. The third-order valence-corrected chi connectivity index (χ3v) is 8.77. The number of sulfonamides is 1. The first kappa shape index (κ1) is 27.6. The Labute approximate surface area is 225 Å². The number of hydrogen-bond donors (Lipinski definition) is 1. The van der Waals surface area contributed by atoms with Crippen LogP contribution in [0.25, 0.3) is 10.8 Å². The molecule has 202 valence electrons. The first-order valence-electron chi connectivity index (χ1n) is 13.1. The number of nitrogens with one attached hydrogen (secondary N) is 1. The average molecular weight is 536 g/mol. The predicted octanol–water partition coefficient (Wildman–Crippen LogP) is 5.16. The molecular weight excluding hydrogens is 498 g/mol. The van der Waals surface area contributed by atoms with Gasteiger partial charge in [0.25, 0.3) is 10.0 Å². The van der Waals surface area contributed by atoms with Gasteiger partial charge in [0.15, 0.2) is 0 Å². The van der Waals surface area contributed by atoms with Crippen LogP contribution in [-0.4, -0.2) is 43.3 Å². The molecule has 2 amide bonds. The summed E-state index contributed by atoms with van der Waals surface area (Å²) in [6.07, 6.45) is 0.935. The number of benzene rings is 3. The Kier molecular flexibility index (Phi) is 7.83. The van der Waals surface area contributed by atoms with E-state index in [9.17, 15) is 18.0 Å². The van der Waals surface area contributed by atoms with Crippen molar-refractivity contribution in [3.05, 3.63) is 71.8 Å². The van der Waals surface area contributed by atoms with Gasteiger partial charge < -0.3 is 10.2 Å². The molecule has 1 aliphatic rings. The maximum absolute atomic E-state index is 13.7. The lowest BCUT2D eigenvalue weighted by atomic mass is 10.0. The van der Waals surface area contributed by atoms with Crippen molar-refractivity contribution in [3.63, 3.8) is 0 Å². The Morgan fingerprint density at radius 3 is 2.34 bits per heavy atom. The van der Waals surface area contributed by atoms with E-state index in [1.54, 1.807) is 17.0 Å². The van der Waals surface area contributed by atoms with Gasteiger partial charge in [0.1, 0.15) is 6.04 Å². The lowest BCUT2D eigenvalue weighted by molar-refractivity contribution is -0.142. The number of rotatable bonds is 9. The first-order chi connectivity index (χ1) is 17.9. The van der Waals surface area contributed by atoms with E-state index in [0.717, 1.165) is 21.9 Å². The fourth-order valence-electron chi connectivity index (χ4n) is 5.06. The number of anilines is 1. The van der Waals surface area contributed by atoms with Crippen molar-refractivity contribution in [2.75, 3.05) is 10.8 Å². The Morgan fingerprint density at radius 2 is 1.68 bits per heavy atom. The van der Waals surface area contributed by atoms with E-state index in [2.05, 4.69) is 5.32 Å². The van der Waals surface area contributed by atoms with Gasteiger partial charge in [-0.2, -0.15) is 0 Å². The summed E-state index contributed by atoms with van der Waals surface area (Å²) in [5.74, 6) is -0.359. The van der Waals surface area contributed by atoms with Gasteiger partial charge in [0.2, 0.25) is 11.8 Å². The van der Waals surface area contributed by atoms with Gasteiger partial charge in [-0.05, 0) is 69.2 Å². The molecule has 1 aliphatic heterocycles. The molecule has 3 aromatic rings. The minimum atomic E-state index is -3.68. The Hall–Kier alpha value is -3.39. The van der Waals surface area contributed by atoms with Crippen LogP contribution in [0.15, 0.2) is 65.6 Å². The number of hydrogen-bond acceptors (Lipinski definition) is 4. The predicted molar refractivity (Wildman–Crippen MR) is 151 cm³/mol. The molecular formula is C30H37N3O4S. The second-order valence-corrected chi connectivity index (χ2v) is 12.8. The molecule has 3 aromatic carbocycles. The molecule has 1 N–H and O–H groups in total. The zero-order valence-corrected chi connectivity index (χ0v) is 23.6. The standard InChI is InChI=1S/C30H37N3O4S/c1-6-24(29(35)31-30(3,4)5)32(20-23-13-8-7-12-21(23)2)27(34)18-11-19-33-25-16-9-14-22-15-10-17-26(28(22)25)38(33,36)37/h7-10,12-17,24H,6,11,18-20H2,1-5H3,(H,31,35)/t24-/m0/s1. The van der Waals surface area contributed by atoms with Gasteiger partial charge in [-0.1, -0.05) is 55.5 Å². The van der Waals surface area contributed by atoms with Crippen molar-refractivity contribution in [2.45, 2.75) is 76.9 Å². The summed E-state index contributed by atoms with van der Waals surface area (Å²) in [6, 6.07) is 18.1. The molecule has 1 atom stereocenters. The summed E-state index contributed by atoms with van der Waals surface area (Å²) < 4.78 is 28.0. The summed E-state index contributed by atoms with van der Waals surface area (Å²) in [6.45, 7) is 10.1. The van der Waals surface area contributed by atoms with Gasteiger partial charge in [-0.15, -0.1) is 0 Å². The van der Waals surface area contributed by atoms with Gasteiger partial charge in [-0.3, -0.25) is 13.9 Å². The van der Waals surface area contributed by atoms with E-state index in [1.807, 2.05) is 83.1 Å². The van der Waals surface area contributed by atoms with Crippen molar-refractivity contribution in [3.8, 4) is 0 Å². The minimum absolute atomic E-state index is 0.128. The Bertz CT molecular complexity index is 1450. The summed E-state index contributed by atoms with van der Waals surface area (Å²) >= 11 is 0. The van der Waals surface area contributed by atoms with Gasteiger partial charge in [0.05, 0.1) is 10.6 Å². The van der Waals surface area contributed by atoms with Crippen LogP contribution in [0.2, 0.25) is 0 Å². The number of carbonyl (C=O) groups is 2. The molecule has 0 saturated carbocycles. The van der Waals surface area contributed by atoms with E-state index in [-0.39, 0.29) is 24.8 Å². The first-order valence-corrected chi connectivity index (χ1v) is 14.6. The third-order valence-electron chi connectivity index (χ3n) is 6.92. The van der Waals surface area contributed by atoms with Crippen molar-refractivity contribution in [2.24, 2.45) is 0 Å². The van der Waals surface area contributed by atoms with Crippen LogP contribution in [0.1, 0.15) is 58.1 Å². The highest BCUT2D eigenvalue weighted by Gasteiger charge is 2.36. The van der Waals surface area contributed by atoms with E-state index in [1.165, 1.54) is 4.31 Å². The molecule has 8 heteroatoms. The fraction of sp³-hybridized carbons (Fsp3) is 0.400. The van der Waals surface area contributed by atoms with Crippen molar-refractivity contribution in [1.82, 2.24) is 10.2 Å². The quantitative estimate of drug-likeness (QED) is 0.410. The van der Waals surface area contributed by atoms with Crippen LogP contribution in [-0.2, 0) is 26.2 Å². The highest BCUT2D eigenvalue weighted by molar-refractivity contribution is 7.93. The maximum Gasteiger partial charge on any atom is 0.265 e. The SMILES string of the molecule is CC[C@@H](C(=O)NC(C)(C)C)N(Cc1ccccc1C)C(=O)CCCN1c2cccc3cccc(c23)S1(=O)=O. The number of carbonyl (C=O) groups excluding carboxylic acids is 2. The Balaban J connectivity index is 1.54. The molecule has 1 heterocycles. The van der Waals surface area contributed by atoms with Crippen LogP contribution >= 0.6 is 0 Å². The highest BCUT2D eigenvalue weighted by Crippen LogP contribution is 2.42. The van der Waals surface area contributed by atoms with Crippen LogP contribution < -0.4 is 9.62 Å². The molecule has 0 saturated heterocycles. The van der Waals surface area contributed by atoms with Crippen molar-refractivity contribution in [1.29, 1.82) is 0 Å². The van der Waals surface area contributed by atoms with Crippen LogP contribution in [0.4, 0.5) is 5.69 Å². The lowest BCUT2D eigenvalue weighted by Gasteiger charge is -2.33. The summed E-state index contributed by atoms with van der Waals surface area (Å²) in [4.78, 5) is 28.8. The normalized spacial score (nSPS) is 14.9. The van der Waals surface area contributed by atoms with Crippen LogP contribution in [0, 0.1) is 6.92 Å². The topological polar surface area (TPSA) is 86.8 Å². The second-order valence-electron chi connectivity index (χ2n) is 10.9. The van der Waals surface area contributed by atoms with Crippen molar-refractivity contribution < 1.29 is 18.0 Å². The molecule has 7 nitrogen and oxygen atoms in total. The monoisotopic (exact) mass is 535 g/mol. The van der Waals surface area contributed by atoms with E-state index in [4.69, 9.17) is 0 Å². The zero-order chi connectivity index (χ0) is 27.7.